The van der Waals surface area contributed by atoms with E-state index < -0.39 is 0 Å². The Morgan fingerprint density at radius 3 is 0.855 bits per heavy atom. The monoisotopic (exact) mass is 1670 g/mol. The van der Waals surface area contributed by atoms with Crippen LogP contribution in [0.15, 0.2) is 444 Å². The Labute approximate surface area is 750 Å². The van der Waals surface area contributed by atoms with Gasteiger partial charge in [-0.1, -0.05) is 243 Å². The largest absolute Gasteiger partial charge is 0.294 e. The highest BCUT2D eigenvalue weighted by molar-refractivity contribution is 6.25. The molecule has 13 nitrogen and oxygen atoms in total. The third kappa shape index (κ3) is 13.4. The van der Waals surface area contributed by atoms with Gasteiger partial charge >= 0.3 is 0 Å². The topological polar surface area (TPSA) is 144 Å². The molecule has 0 fully saturated rings. The van der Waals surface area contributed by atoms with Crippen LogP contribution in [0.2, 0.25) is 0 Å². The van der Waals surface area contributed by atoms with Gasteiger partial charge in [0.1, 0.15) is 17.5 Å². The number of rotatable bonds is 10. The summed E-state index contributed by atoms with van der Waals surface area (Å²) in [6, 6.07) is 140. The van der Waals surface area contributed by atoms with Crippen molar-refractivity contribution in [1.82, 2.24) is 63.5 Å². The number of benzene rings is 14. The molecule has 0 aliphatic heterocycles. The second kappa shape index (κ2) is 31.6. The Bertz CT molecular complexity index is 9220. The minimum absolute atomic E-state index is 0.863. The third-order valence-electron chi connectivity index (χ3n) is 25.5. The van der Waals surface area contributed by atoms with Crippen molar-refractivity contribution in [1.29, 1.82) is 0 Å². The molecule has 0 amide bonds. The summed E-state index contributed by atoms with van der Waals surface area (Å²) in [5.41, 5.74) is 24.6. The average Bonchev–Trinajstić information content (AvgIpc) is 1.58. The van der Waals surface area contributed by atoms with Crippen molar-refractivity contribution in [2.24, 2.45) is 0 Å². The van der Waals surface area contributed by atoms with Gasteiger partial charge in [-0.05, 0) is 195 Å². The van der Waals surface area contributed by atoms with Gasteiger partial charge < -0.3 is 0 Å². The van der Waals surface area contributed by atoms with Gasteiger partial charge in [0.05, 0.1) is 89.3 Å². The first-order valence-electron chi connectivity index (χ1n) is 43.8. The summed E-state index contributed by atoms with van der Waals surface area (Å²) < 4.78 is 6.80. The van der Waals surface area contributed by atoms with E-state index in [1.54, 1.807) is 6.20 Å². The SMILES string of the molecule is c1ccc2nc(-c3ccc(-n4c5ccc(-c6ccc7ccccc7n6)cc5c5c6ccccc6ccc54)nc3)ccc2c1.c1ccc2nc(-c3ccc(-n4c5ccc(-c6nccc7ccccc67)cc5c5c6ccccc6ccc54)nc3)ccc2c1.c1cncc(-c2ccc(-c3ccc4c(c3)c3c5ccccc5ccc3n4-c3ccc(-c4ccc5ccccc5n4)cn3)nc2)c1. The maximum Gasteiger partial charge on any atom is 0.137 e. The highest BCUT2D eigenvalue weighted by Gasteiger charge is 2.23. The first-order valence-corrected chi connectivity index (χ1v) is 43.8. The van der Waals surface area contributed by atoms with Crippen LogP contribution in [-0.2, 0) is 0 Å². The van der Waals surface area contributed by atoms with Crippen molar-refractivity contribution in [2.75, 3.05) is 0 Å². The first-order chi connectivity index (χ1) is 64.9. The zero-order valence-electron chi connectivity index (χ0n) is 70.5. The van der Waals surface area contributed by atoms with Crippen LogP contribution in [0.4, 0.5) is 0 Å². The van der Waals surface area contributed by atoms with Crippen molar-refractivity contribution in [3.05, 3.63) is 444 Å². The molecule has 0 aliphatic carbocycles. The number of pyridine rings is 10. The molecule has 0 spiro atoms. The molecule has 0 bridgehead atoms. The minimum atomic E-state index is 0.863. The minimum Gasteiger partial charge on any atom is -0.294 e. The van der Waals surface area contributed by atoms with Gasteiger partial charge in [-0.25, -0.2) is 34.9 Å². The number of nitrogens with zero attached hydrogens (tertiary/aromatic N) is 13. The quantitative estimate of drug-likeness (QED) is 0.130. The maximum atomic E-state index is 4.99. The smallest absolute Gasteiger partial charge is 0.137 e. The molecule has 0 saturated heterocycles. The predicted molar refractivity (Wildman–Crippen MR) is 538 cm³/mol. The van der Waals surface area contributed by atoms with Crippen LogP contribution in [0.1, 0.15) is 0 Å². The van der Waals surface area contributed by atoms with E-state index in [0.29, 0.717) is 0 Å². The number of fused-ring (bicyclic) bond motifs is 20. The molecule has 14 aromatic carbocycles. The fraction of sp³-hybridized carbons (Fsp3) is 0. The highest BCUT2D eigenvalue weighted by Crippen LogP contribution is 2.44. The Morgan fingerprint density at radius 1 is 0.168 bits per heavy atom. The van der Waals surface area contributed by atoms with Crippen molar-refractivity contribution in [2.45, 2.75) is 0 Å². The van der Waals surface area contributed by atoms with E-state index in [4.69, 9.17) is 44.9 Å². The fourth-order valence-corrected chi connectivity index (χ4v) is 19.1. The number of hydrogen-bond donors (Lipinski definition) is 0. The van der Waals surface area contributed by atoms with E-state index in [9.17, 15) is 0 Å². The molecule has 610 valence electrons. The van der Waals surface area contributed by atoms with Crippen molar-refractivity contribution >= 4 is 152 Å². The summed E-state index contributed by atoms with van der Waals surface area (Å²) >= 11 is 0. The fourth-order valence-electron chi connectivity index (χ4n) is 19.1. The molecule has 0 saturated carbocycles. The Kier molecular flexibility index (Phi) is 18.2. The van der Waals surface area contributed by atoms with Crippen LogP contribution in [0.3, 0.4) is 0 Å². The molecule has 0 radical (unpaired) electrons. The number of hydrogen-bond acceptors (Lipinski definition) is 10. The average molecular weight is 1670 g/mol. The molecule has 0 unspecified atom stereocenters. The molecule has 13 heteroatoms. The van der Waals surface area contributed by atoms with Crippen LogP contribution in [0.5, 0.6) is 0 Å². The lowest BCUT2D eigenvalue weighted by molar-refractivity contribution is 1.08. The Morgan fingerprint density at radius 2 is 0.473 bits per heavy atom. The summed E-state index contributed by atoms with van der Waals surface area (Å²) in [6.07, 6.45) is 13.3. The molecule has 0 atom stereocenters. The second-order valence-electron chi connectivity index (χ2n) is 33.1. The summed E-state index contributed by atoms with van der Waals surface area (Å²) in [4.78, 5) is 48.5. The van der Waals surface area contributed by atoms with Gasteiger partial charge in [0.2, 0.25) is 0 Å². The molecule has 13 heterocycles. The first kappa shape index (κ1) is 75.6. The highest BCUT2D eigenvalue weighted by atomic mass is 15.1. The second-order valence-corrected chi connectivity index (χ2v) is 33.1. The molecule has 0 N–H and O–H groups in total. The summed E-state index contributed by atoms with van der Waals surface area (Å²) in [5, 5.41) is 21.4. The van der Waals surface area contributed by atoms with Gasteiger partial charge in [0, 0.05) is 147 Å². The van der Waals surface area contributed by atoms with Gasteiger partial charge in [0.25, 0.3) is 0 Å². The van der Waals surface area contributed by atoms with Gasteiger partial charge in [0.15, 0.2) is 0 Å². The van der Waals surface area contributed by atoms with Crippen LogP contribution in [0, 0.1) is 0 Å². The lowest BCUT2D eigenvalue weighted by Crippen LogP contribution is -1.97. The van der Waals surface area contributed by atoms with Crippen LogP contribution in [0.25, 0.3) is 248 Å². The van der Waals surface area contributed by atoms with E-state index in [-0.39, 0.29) is 0 Å². The normalized spacial score (nSPS) is 11.7. The van der Waals surface area contributed by atoms with E-state index >= 15 is 0 Å². The molecular formula is C118H73N13. The zero-order valence-corrected chi connectivity index (χ0v) is 70.5. The molecule has 13 aromatic heterocycles. The zero-order chi connectivity index (χ0) is 86.4. The van der Waals surface area contributed by atoms with Crippen LogP contribution < -0.4 is 0 Å². The third-order valence-corrected chi connectivity index (χ3v) is 25.5. The molecule has 0 aliphatic rings. The van der Waals surface area contributed by atoms with E-state index in [1.165, 1.54) is 70.0 Å². The Hall–Kier alpha value is -17.9. The van der Waals surface area contributed by atoms with E-state index in [2.05, 4.69) is 352 Å². The molecule has 27 aromatic rings. The Balaban J connectivity index is 0.000000106. The predicted octanol–water partition coefficient (Wildman–Crippen LogP) is 29.2. The van der Waals surface area contributed by atoms with E-state index in [1.807, 2.05) is 104 Å². The summed E-state index contributed by atoms with van der Waals surface area (Å²) in [6.45, 7) is 0. The molecule has 27 rings (SSSR count). The summed E-state index contributed by atoms with van der Waals surface area (Å²) in [5.74, 6) is 2.61. The van der Waals surface area contributed by atoms with Crippen LogP contribution >= 0.6 is 0 Å². The molecule has 131 heavy (non-hydrogen) atoms. The lowest BCUT2D eigenvalue weighted by Gasteiger charge is -2.09. The van der Waals surface area contributed by atoms with Gasteiger partial charge in [-0.15, -0.1) is 0 Å². The lowest BCUT2D eigenvalue weighted by atomic mass is 10.00. The van der Waals surface area contributed by atoms with Crippen LogP contribution in [-0.4, -0.2) is 63.5 Å². The summed E-state index contributed by atoms with van der Waals surface area (Å²) in [7, 11) is 0. The van der Waals surface area contributed by atoms with Gasteiger partial charge in [-0.3, -0.25) is 28.7 Å². The van der Waals surface area contributed by atoms with E-state index in [0.717, 1.165) is 178 Å². The number of aromatic nitrogens is 13. The standard InChI is InChI=1S/C40H25N5.2C39H24N4/c1-3-9-32-26(6-1)13-19-38-40(32)33-22-28(34-16-12-30(24-42-34)29-8-5-21-41-23-29)14-18-37(33)45(38)39-20-15-31(25-43-39)36-17-11-27-7-2-4-10-35(27)44-36;1-4-10-30-25(7-1)15-21-37-39(30)31-23-28(34-18-13-26-8-2-5-11-32(26)41-34)16-20-36(31)43(37)38-22-17-29(24-40-38)35-19-14-27-9-3-6-12-33(27)42-35;1-4-10-30-25(7-1)14-19-36-38(30)32-23-28(39-31-11-5-2-8-26(31)21-22-40-39)15-18-35(32)43(36)37-20-16-29(24-41-37)34-17-13-27-9-3-6-12-33(27)42-34/h1-25H;2*1-24H. The van der Waals surface area contributed by atoms with Gasteiger partial charge in [-0.2, -0.15) is 0 Å². The van der Waals surface area contributed by atoms with Crippen molar-refractivity contribution in [3.63, 3.8) is 0 Å². The van der Waals surface area contributed by atoms with Crippen molar-refractivity contribution in [3.8, 4) is 96.1 Å². The molecular weight excluding hydrogens is 1600 g/mol. The number of para-hydroxylation sites is 4. The van der Waals surface area contributed by atoms with Crippen molar-refractivity contribution < 1.29 is 0 Å². The maximum absolute atomic E-state index is 4.99.